The Morgan fingerprint density at radius 2 is 1.62 bits per heavy atom. The lowest BCUT2D eigenvalue weighted by Crippen LogP contribution is -2.36. The third-order valence-corrected chi connectivity index (χ3v) is 7.46. The Hall–Kier alpha value is -3.83. The maximum Gasteiger partial charge on any atom is 0.229 e. The first-order chi connectivity index (χ1) is 22.7. The van der Waals surface area contributed by atoms with Crippen LogP contribution in [-0.2, 0) is 17.8 Å². The molecule has 0 radical (unpaired) electrons. The van der Waals surface area contributed by atoms with Crippen molar-refractivity contribution in [3.8, 4) is 11.3 Å². The summed E-state index contributed by atoms with van der Waals surface area (Å²) in [6.07, 6.45) is 2.68. The molecule has 1 aromatic carbocycles. The van der Waals surface area contributed by atoms with Crippen LogP contribution < -0.4 is 5.32 Å². The Balaban J connectivity index is 0.000000894. The summed E-state index contributed by atoms with van der Waals surface area (Å²) in [4.78, 5) is 33.8. The molecule has 0 amide bonds. The van der Waals surface area contributed by atoms with Crippen molar-refractivity contribution in [1.29, 1.82) is 0 Å². The summed E-state index contributed by atoms with van der Waals surface area (Å²) >= 11 is 0. The summed E-state index contributed by atoms with van der Waals surface area (Å²) in [5, 5.41) is 3.08. The van der Waals surface area contributed by atoms with Crippen molar-refractivity contribution < 1.29 is 13.6 Å². The van der Waals surface area contributed by atoms with Gasteiger partial charge in [0.05, 0.1) is 11.7 Å². The number of Topliss-reactive ketones (excluding diaryl/α,β-unsaturated/α-hetero) is 1. The summed E-state index contributed by atoms with van der Waals surface area (Å²) in [5.74, 6) is 0.266. The van der Waals surface area contributed by atoms with Crippen molar-refractivity contribution in [2.45, 2.75) is 94.2 Å². The van der Waals surface area contributed by atoms with Crippen molar-refractivity contribution in [2.24, 2.45) is 0 Å². The third kappa shape index (κ3) is 9.60. The van der Waals surface area contributed by atoms with Crippen LogP contribution in [0.2, 0.25) is 0 Å². The maximum absolute atomic E-state index is 15.1. The largest absolute Gasteiger partial charge is 0.324 e. The molecule has 47 heavy (non-hydrogen) atoms. The minimum atomic E-state index is -0.669. The van der Waals surface area contributed by atoms with Crippen LogP contribution >= 0.6 is 0 Å². The fourth-order valence-electron chi connectivity index (χ4n) is 5.34. The Morgan fingerprint density at radius 1 is 0.936 bits per heavy atom. The molecule has 0 saturated heterocycles. The van der Waals surface area contributed by atoms with Crippen molar-refractivity contribution in [3.05, 3.63) is 59.2 Å². The highest BCUT2D eigenvalue weighted by Gasteiger charge is 2.31. The highest BCUT2D eigenvalue weighted by Crippen LogP contribution is 2.36. The second kappa shape index (κ2) is 19.1. The van der Waals surface area contributed by atoms with Gasteiger partial charge in [0, 0.05) is 62.7 Å². The Kier molecular flexibility index (Phi) is 16.0. The standard InChI is InChI=1S/C28H30F2N8O.4C2H6/c1-16-32-27-21(29)10-18(11-24(27)38(16)19-12-20(39)13-19)26-22(30)14-31-28(35-26)34-25-5-4-17-15-37(9-8-36(2)3)7-6-23(17)33-25;4*1-2/h4-5,10-11,14,19H,6-9,12-13,15H2,1-3H3,(H,31,33,34,35);4*1-2H3. The zero-order valence-corrected chi connectivity index (χ0v) is 30.2. The van der Waals surface area contributed by atoms with Crippen LogP contribution in [0.25, 0.3) is 22.3 Å². The van der Waals surface area contributed by atoms with Gasteiger partial charge in [0.25, 0.3) is 0 Å². The van der Waals surface area contributed by atoms with Crippen LogP contribution in [0, 0.1) is 18.6 Å². The number of aromatic nitrogens is 5. The minimum absolute atomic E-state index is 0.0297. The predicted molar refractivity (Wildman–Crippen MR) is 189 cm³/mol. The van der Waals surface area contributed by atoms with Gasteiger partial charge in [-0.2, -0.15) is 0 Å². The molecule has 6 rings (SSSR count). The van der Waals surface area contributed by atoms with Gasteiger partial charge in [0.1, 0.15) is 28.6 Å². The molecule has 11 heteroatoms. The molecule has 0 bridgehead atoms. The molecule has 1 saturated carbocycles. The third-order valence-electron chi connectivity index (χ3n) is 7.46. The number of halogens is 2. The number of fused-ring (bicyclic) bond motifs is 2. The van der Waals surface area contributed by atoms with Gasteiger partial charge in [-0.05, 0) is 44.8 Å². The summed E-state index contributed by atoms with van der Waals surface area (Å²) in [6, 6.07) is 6.76. The van der Waals surface area contributed by atoms with E-state index in [2.05, 4.69) is 50.2 Å². The summed E-state index contributed by atoms with van der Waals surface area (Å²) < 4.78 is 31.9. The molecule has 0 spiro atoms. The van der Waals surface area contributed by atoms with E-state index < -0.39 is 11.6 Å². The van der Waals surface area contributed by atoms with Gasteiger partial charge >= 0.3 is 0 Å². The molecule has 1 N–H and O–H groups in total. The fourth-order valence-corrected chi connectivity index (χ4v) is 5.34. The highest BCUT2D eigenvalue weighted by molar-refractivity contribution is 5.87. The summed E-state index contributed by atoms with van der Waals surface area (Å²) in [6.45, 7) is 21.6. The van der Waals surface area contributed by atoms with E-state index in [4.69, 9.17) is 4.98 Å². The van der Waals surface area contributed by atoms with Crippen LogP contribution in [0.1, 0.15) is 91.4 Å². The molecule has 2 aliphatic rings. The normalized spacial score (nSPS) is 13.9. The number of benzene rings is 1. The Labute approximate surface area is 279 Å². The minimum Gasteiger partial charge on any atom is -0.324 e. The lowest BCUT2D eigenvalue weighted by molar-refractivity contribution is -0.126. The Morgan fingerprint density at radius 3 is 2.26 bits per heavy atom. The average molecular weight is 653 g/mol. The monoisotopic (exact) mass is 652 g/mol. The molecule has 3 aromatic heterocycles. The van der Waals surface area contributed by atoms with Crippen LogP contribution in [0.4, 0.5) is 20.5 Å². The number of likely N-dealkylation sites (N-methyl/N-ethyl adjacent to an activating group) is 1. The molecule has 0 unspecified atom stereocenters. The molecule has 0 atom stereocenters. The number of carbonyl (C=O) groups is 1. The SMILES string of the molecule is CC.CC.CC.CC.Cc1nc2c(F)cc(-c3nc(Nc4ccc5c(n4)CCN(CCN(C)C)C5)ncc3F)cc2n1C1CC(=O)C1. The molecule has 4 aromatic rings. The molecular weight excluding hydrogens is 598 g/mol. The van der Waals surface area contributed by atoms with E-state index >= 15 is 4.39 Å². The van der Waals surface area contributed by atoms with Crippen molar-refractivity contribution in [2.75, 3.05) is 39.0 Å². The number of nitrogens with zero attached hydrogens (tertiary/aromatic N) is 7. The molecule has 258 valence electrons. The van der Waals surface area contributed by atoms with Gasteiger partial charge in [-0.1, -0.05) is 61.5 Å². The van der Waals surface area contributed by atoms with E-state index in [9.17, 15) is 9.18 Å². The second-order valence-corrected chi connectivity index (χ2v) is 10.6. The zero-order valence-electron chi connectivity index (χ0n) is 30.2. The van der Waals surface area contributed by atoms with E-state index in [1.807, 2.05) is 66.0 Å². The van der Waals surface area contributed by atoms with Crippen molar-refractivity contribution in [3.63, 3.8) is 0 Å². The lowest BCUT2D eigenvalue weighted by Gasteiger charge is -2.29. The second-order valence-electron chi connectivity index (χ2n) is 10.6. The topological polar surface area (TPSA) is 92.1 Å². The molecule has 1 aliphatic carbocycles. The highest BCUT2D eigenvalue weighted by atomic mass is 19.1. The van der Waals surface area contributed by atoms with Crippen LogP contribution in [0.15, 0.2) is 30.5 Å². The first kappa shape index (κ1) is 39.3. The molecule has 4 heterocycles. The fraction of sp³-hybridized carbons (Fsp3) is 0.528. The van der Waals surface area contributed by atoms with E-state index in [1.54, 1.807) is 13.0 Å². The van der Waals surface area contributed by atoms with E-state index in [-0.39, 0.29) is 34.5 Å². The summed E-state index contributed by atoms with van der Waals surface area (Å²) in [7, 11) is 4.15. The van der Waals surface area contributed by atoms with E-state index in [1.165, 1.54) is 11.6 Å². The number of imidazole rings is 1. The zero-order chi connectivity index (χ0) is 35.3. The van der Waals surface area contributed by atoms with E-state index in [0.29, 0.717) is 30.0 Å². The number of ketones is 1. The summed E-state index contributed by atoms with van der Waals surface area (Å²) in [5.41, 5.74) is 3.17. The first-order valence-electron chi connectivity index (χ1n) is 17.1. The van der Waals surface area contributed by atoms with E-state index in [0.717, 1.165) is 44.5 Å². The number of carbonyl (C=O) groups excluding carboxylic acids is 1. The van der Waals surface area contributed by atoms with Gasteiger partial charge in [0.15, 0.2) is 11.6 Å². The first-order valence-corrected chi connectivity index (χ1v) is 17.1. The smallest absolute Gasteiger partial charge is 0.229 e. The molecule has 1 fully saturated rings. The van der Waals surface area contributed by atoms with Crippen molar-refractivity contribution in [1.82, 2.24) is 34.3 Å². The number of nitrogens with one attached hydrogen (secondary N) is 1. The number of anilines is 2. The van der Waals surface area contributed by atoms with Gasteiger partial charge in [-0.25, -0.2) is 28.7 Å². The number of aryl methyl sites for hydroxylation is 1. The van der Waals surface area contributed by atoms with Crippen molar-refractivity contribution >= 4 is 28.6 Å². The van der Waals surface area contributed by atoms with Crippen LogP contribution in [0.5, 0.6) is 0 Å². The van der Waals surface area contributed by atoms with Crippen LogP contribution in [-0.4, -0.2) is 73.8 Å². The molecular formula is C36H54F2N8O. The van der Waals surface area contributed by atoms with Crippen LogP contribution in [0.3, 0.4) is 0 Å². The maximum atomic E-state index is 15.1. The Bertz CT molecular complexity index is 1580. The van der Waals surface area contributed by atoms with Gasteiger partial charge < -0.3 is 14.8 Å². The van der Waals surface area contributed by atoms with Gasteiger partial charge in [-0.3, -0.25) is 9.69 Å². The number of pyridine rings is 1. The molecule has 1 aliphatic heterocycles. The predicted octanol–water partition coefficient (Wildman–Crippen LogP) is 8.15. The number of rotatable bonds is 7. The lowest BCUT2D eigenvalue weighted by atomic mass is 9.91. The van der Waals surface area contributed by atoms with Gasteiger partial charge in [-0.15, -0.1) is 0 Å². The number of hydrogen-bond acceptors (Lipinski definition) is 8. The molecule has 9 nitrogen and oxygen atoms in total. The quantitative estimate of drug-likeness (QED) is 0.214. The average Bonchev–Trinajstić information content (AvgIpc) is 3.42. The number of hydrogen-bond donors (Lipinski definition) is 1. The van der Waals surface area contributed by atoms with Gasteiger partial charge in [0.2, 0.25) is 5.95 Å².